The molecule has 1 heterocycles. The number of hydrogen-bond acceptors (Lipinski definition) is 4. The van der Waals surface area contributed by atoms with Gasteiger partial charge in [0.15, 0.2) is 0 Å². The molecule has 84 valence electrons. The third-order valence-corrected chi connectivity index (χ3v) is 2.15. The summed E-state index contributed by atoms with van der Waals surface area (Å²) >= 11 is 0. The summed E-state index contributed by atoms with van der Waals surface area (Å²) < 4.78 is 4.87. The van der Waals surface area contributed by atoms with Crippen LogP contribution < -0.4 is 5.32 Å². The van der Waals surface area contributed by atoms with E-state index in [1.54, 1.807) is 6.92 Å². The molecule has 1 N–H and O–H groups in total. The normalized spacial score (nSPS) is 20.9. The smallest absolute Gasteiger partial charge is 0.252 e. The summed E-state index contributed by atoms with van der Waals surface area (Å²) in [4.78, 5) is 34.7. The standard InChI is InChI=1S/C9H14N2O4/c1-3-15-5-7(12)10-6-4-8(13)11(2)9(6)14/h6H,3-5H2,1-2H3,(H,10,12). The minimum atomic E-state index is -0.726. The van der Waals surface area contributed by atoms with Gasteiger partial charge in [-0.2, -0.15) is 0 Å². The van der Waals surface area contributed by atoms with Crippen LogP contribution in [0.1, 0.15) is 13.3 Å². The van der Waals surface area contributed by atoms with Crippen LogP contribution in [-0.4, -0.2) is 48.9 Å². The number of likely N-dealkylation sites (N-methyl/N-ethyl adjacent to an activating group) is 1. The molecular formula is C9H14N2O4. The molecule has 6 nitrogen and oxygen atoms in total. The zero-order chi connectivity index (χ0) is 11.4. The van der Waals surface area contributed by atoms with Gasteiger partial charge in [0.25, 0.3) is 5.91 Å². The summed E-state index contributed by atoms with van der Waals surface area (Å²) in [6, 6.07) is -0.726. The topological polar surface area (TPSA) is 75.7 Å². The molecule has 1 rings (SSSR count). The number of nitrogens with zero attached hydrogens (tertiary/aromatic N) is 1. The zero-order valence-corrected chi connectivity index (χ0v) is 8.78. The maximum Gasteiger partial charge on any atom is 0.252 e. The SMILES string of the molecule is CCOCC(=O)NC1CC(=O)N(C)C1=O. The molecule has 1 unspecified atom stereocenters. The fourth-order valence-electron chi connectivity index (χ4n) is 1.30. The molecule has 3 amide bonds. The predicted octanol–water partition coefficient (Wildman–Crippen LogP) is -1.10. The van der Waals surface area contributed by atoms with E-state index in [2.05, 4.69) is 5.32 Å². The molecule has 0 saturated carbocycles. The number of carbonyl (C=O) groups excluding carboxylic acids is 3. The van der Waals surface area contributed by atoms with E-state index in [1.165, 1.54) is 7.05 Å². The molecule has 0 spiro atoms. The number of carbonyl (C=O) groups is 3. The van der Waals surface area contributed by atoms with Gasteiger partial charge in [0.2, 0.25) is 11.8 Å². The van der Waals surface area contributed by atoms with E-state index in [0.717, 1.165) is 4.90 Å². The van der Waals surface area contributed by atoms with E-state index in [1.807, 2.05) is 0 Å². The lowest BCUT2D eigenvalue weighted by Gasteiger charge is -2.10. The number of likely N-dealkylation sites (tertiary alicyclic amines) is 1. The van der Waals surface area contributed by atoms with Gasteiger partial charge in [-0.3, -0.25) is 19.3 Å². The molecule has 1 atom stereocenters. The number of rotatable bonds is 4. The highest BCUT2D eigenvalue weighted by Gasteiger charge is 2.36. The number of nitrogens with one attached hydrogen (secondary N) is 1. The van der Waals surface area contributed by atoms with Gasteiger partial charge in [-0.1, -0.05) is 0 Å². The summed E-state index contributed by atoms with van der Waals surface area (Å²) in [6.07, 6.45) is 0.0349. The van der Waals surface area contributed by atoms with Crippen LogP contribution in [0.2, 0.25) is 0 Å². The van der Waals surface area contributed by atoms with Crippen molar-refractivity contribution in [1.82, 2.24) is 10.2 Å². The van der Waals surface area contributed by atoms with Crippen molar-refractivity contribution in [2.75, 3.05) is 20.3 Å². The van der Waals surface area contributed by atoms with Crippen molar-refractivity contribution in [2.45, 2.75) is 19.4 Å². The molecule has 0 bridgehead atoms. The summed E-state index contributed by atoms with van der Waals surface area (Å²) in [5, 5.41) is 2.45. The third-order valence-electron chi connectivity index (χ3n) is 2.15. The number of amides is 3. The minimum absolute atomic E-state index is 0.0349. The predicted molar refractivity (Wildman–Crippen MR) is 50.8 cm³/mol. The van der Waals surface area contributed by atoms with E-state index in [4.69, 9.17) is 4.74 Å². The molecule has 0 aliphatic carbocycles. The Labute approximate surface area is 87.6 Å². The first kappa shape index (κ1) is 11.6. The van der Waals surface area contributed by atoms with Gasteiger partial charge in [0, 0.05) is 13.7 Å². The van der Waals surface area contributed by atoms with Gasteiger partial charge in [-0.25, -0.2) is 0 Å². The molecular weight excluding hydrogens is 200 g/mol. The fraction of sp³-hybridized carbons (Fsp3) is 0.667. The van der Waals surface area contributed by atoms with Gasteiger partial charge in [0.05, 0.1) is 6.42 Å². The third kappa shape index (κ3) is 2.76. The van der Waals surface area contributed by atoms with Crippen molar-refractivity contribution >= 4 is 17.7 Å². The van der Waals surface area contributed by atoms with Gasteiger partial charge in [-0.05, 0) is 6.92 Å². The molecule has 6 heteroatoms. The van der Waals surface area contributed by atoms with Crippen LogP contribution >= 0.6 is 0 Å². The fourth-order valence-corrected chi connectivity index (χ4v) is 1.30. The van der Waals surface area contributed by atoms with Crippen molar-refractivity contribution in [3.05, 3.63) is 0 Å². The second-order valence-corrected chi connectivity index (χ2v) is 3.25. The van der Waals surface area contributed by atoms with Crippen LogP contribution in [0.25, 0.3) is 0 Å². The highest BCUT2D eigenvalue weighted by molar-refractivity contribution is 6.06. The summed E-state index contributed by atoms with van der Waals surface area (Å²) in [7, 11) is 1.40. The first-order valence-electron chi connectivity index (χ1n) is 4.73. The van der Waals surface area contributed by atoms with Crippen LogP contribution in [0.5, 0.6) is 0 Å². The largest absolute Gasteiger partial charge is 0.372 e. The second kappa shape index (κ2) is 4.88. The first-order chi connectivity index (χ1) is 7.06. The van der Waals surface area contributed by atoms with Gasteiger partial charge in [-0.15, -0.1) is 0 Å². The Morgan fingerprint density at radius 2 is 2.27 bits per heavy atom. The van der Waals surface area contributed by atoms with Crippen LogP contribution in [0.4, 0.5) is 0 Å². The maximum atomic E-state index is 11.4. The van der Waals surface area contributed by atoms with Crippen molar-refractivity contribution in [3.8, 4) is 0 Å². The Morgan fingerprint density at radius 3 is 2.73 bits per heavy atom. The van der Waals surface area contributed by atoms with E-state index in [-0.39, 0.29) is 30.7 Å². The van der Waals surface area contributed by atoms with Crippen LogP contribution in [0.15, 0.2) is 0 Å². The molecule has 1 aliphatic rings. The summed E-state index contributed by atoms with van der Waals surface area (Å²) in [5.74, 6) is -1.02. The van der Waals surface area contributed by atoms with Crippen molar-refractivity contribution < 1.29 is 19.1 Å². The van der Waals surface area contributed by atoms with Gasteiger partial charge in [0.1, 0.15) is 12.6 Å². The molecule has 0 aromatic heterocycles. The lowest BCUT2D eigenvalue weighted by atomic mass is 10.2. The van der Waals surface area contributed by atoms with Crippen molar-refractivity contribution in [3.63, 3.8) is 0 Å². The molecule has 0 radical (unpaired) electrons. The number of ether oxygens (including phenoxy) is 1. The molecule has 1 aliphatic heterocycles. The molecule has 15 heavy (non-hydrogen) atoms. The van der Waals surface area contributed by atoms with E-state index in [9.17, 15) is 14.4 Å². The monoisotopic (exact) mass is 214 g/mol. The average Bonchev–Trinajstić information content (AvgIpc) is 2.43. The first-order valence-corrected chi connectivity index (χ1v) is 4.73. The van der Waals surface area contributed by atoms with Crippen LogP contribution in [0.3, 0.4) is 0 Å². The lowest BCUT2D eigenvalue weighted by Crippen LogP contribution is -2.42. The van der Waals surface area contributed by atoms with Gasteiger partial charge < -0.3 is 10.1 Å². The number of hydrogen-bond donors (Lipinski definition) is 1. The molecule has 0 aromatic rings. The molecule has 1 saturated heterocycles. The van der Waals surface area contributed by atoms with E-state index >= 15 is 0 Å². The zero-order valence-electron chi connectivity index (χ0n) is 8.78. The Kier molecular flexibility index (Phi) is 3.79. The van der Waals surface area contributed by atoms with Crippen LogP contribution in [-0.2, 0) is 19.1 Å². The second-order valence-electron chi connectivity index (χ2n) is 3.25. The Balaban J connectivity index is 2.43. The molecule has 0 aromatic carbocycles. The summed E-state index contributed by atoms with van der Waals surface area (Å²) in [5.41, 5.74) is 0. The maximum absolute atomic E-state index is 11.4. The van der Waals surface area contributed by atoms with E-state index in [0.29, 0.717) is 6.61 Å². The lowest BCUT2D eigenvalue weighted by molar-refractivity contribution is -0.138. The van der Waals surface area contributed by atoms with Crippen LogP contribution in [0, 0.1) is 0 Å². The average molecular weight is 214 g/mol. The Bertz CT molecular complexity index is 290. The number of imide groups is 1. The van der Waals surface area contributed by atoms with Crippen molar-refractivity contribution in [2.24, 2.45) is 0 Å². The van der Waals surface area contributed by atoms with Gasteiger partial charge >= 0.3 is 0 Å². The summed E-state index contributed by atoms with van der Waals surface area (Å²) in [6.45, 7) is 2.12. The minimum Gasteiger partial charge on any atom is -0.372 e. The van der Waals surface area contributed by atoms with E-state index < -0.39 is 6.04 Å². The highest BCUT2D eigenvalue weighted by Crippen LogP contribution is 2.09. The molecule has 1 fully saturated rings. The Hall–Kier alpha value is -1.43. The van der Waals surface area contributed by atoms with Crippen molar-refractivity contribution in [1.29, 1.82) is 0 Å². The Morgan fingerprint density at radius 1 is 1.60 bits per heavy atom. The quantitative estimate of drug-likeness (QED) is 0.602. The highest BCUT2D eigenvalue weighted by atomic mass is 16.5.